The van der Waals surface area contributed by atoms with E-state index in [4.69, 9.17) is 9.73 Å². The zero-order chi connectivity index (χ0) is 18.6. The number of ether oxygens (including phenoxy) is 1. The largest absolute Gasteiger partial charge is 0.376 e. The fourth-order valence-electron chi connectivity index (χ4n) is 3.34. The lowest BCUT2D eigenvalue weighted by Gasteiger charge is -2.22. The van der Waals surface area contributed by atoms with Crippen molar-refractivity contribution in [2.24, 2.45) is 10.9 Å². The highest BCUT2D eigenvalue weighted by molar-refractivity contribution is 5.80. The first kappa shape index (κ1) is 20.7. The Hall–Kier alpha value is -1.59. The monoisotopic (exact) mass is 360 g/mol. The van der Waals surface area contributed by atoms with E-state index >= 15 is 0 Å². The third kappa shape index (κ3) is 6.96. The van der Waals surface area contributed by atoms with Gasteiger partial charge in [0.15, 0.2) is 5.96 Å². The van der Waals surface area contributed by atoms with Gasteiger partial charge in [0.25, 0.3) is 0 Å². The Kier molecular flexibility index (Phi) is 9.50. The highest BCUT2D eigenvalue weighted by Crippen LogP contribution is 2.17. The number of guanidine groups is 1. The van der Waals surface area contributed by atoms with Gasteiger partial charge in [-0.25, -0.2) is 0 Å². The highest BCUT2D eigenvalue weighted by atomic mass is 16.5. The van der Waals surface area contributed by atoms with Crippen molar-refractivity contribution in [3.63, 3.8) is 0 Å². The van der Waals surface area contributed by atoms with Gasteiger partial charge >= 0.3 is 0 Å². The molecule has 1 heterocycles. The SMILES string of the molecule is CCNC(=NCCN(CC)CC)N1CCC(COCc2ccccc2)C1. The summed E-state index contributed by atoms with van der Waals surface area (Å²) in [5, 5.41) is 3.45. The molecule has 1 unspecified atom stereocenters. The molecule has 0 bridgehead atoms. The molecule has 0 aliphatic carbocycles. The van der Waals surface area contributed by atoms with Crippen LogP contribution in [0.3, 0.4) is 0 Å². The van der Waals surface area contributed by atoms with E-state index in [0.717, 1.165) is 58.4 Å². The molecule has 1 aliphatic heterocycles. The fraction of sp³-hybridized carbons (Fsp3) is 0.667. The van der Waals surface area contributed by atoms with Crippen LogP contribution in [0.5, 0.6) is 0 Å². The summed E-state index contributed by atoms with van der Waals surface area (Å²) in [6, 6.07) is 10.4. The molecule has 1 aromatic carbocycles. The number of benzene rings is 1. The summed E-state index contributed by atoms with van der Waals surface area (Å²) >= 11 is 0. The molecule has 0 radical (unpaired) electrons. The van der Waals surface area contributed by atoms with Crippen LogP contribution in [0, 0.1) is 5.92 Å². The van der Waals surface area contributed by atoms with E-state index in [1.54, 1.807) is 0 Å². The van der Waals surface area contributed by atoms with Crippen molar-refractivity contribution < 1.29 is 4.74 Å². The first-order valence-electron chi connectivity index (χ1n) is 10.1. The number of hydrogen-bond donors (Lipinski definition) is 1. The molecule has 0 saturated carbocycles. The quantitative estimate of drug-likeness (QED) is 0.514. The van der Waals surface area contributed by atoms with Gasteiger partial charge in [0.1, 0.15) is 0 Å². The maximum absolute atomic E-state index is 5.94. The molecule has 1 aromatic rings. The van der Waals surface area contributed by atoms with Gasteiger partial charge in [-0.15, -0.1) is 0 Å². The van der Waals surface area contributed by atoms with Crippen LogP contribution in [-0.2, 0) is 11.3 Å². The third-order valence-electron chi connectivity index (χ3n) is 4.96. The fourth-order valence-corrected chi connectivity index (χ4v) is 3.34. The number of aliphatic imine (C=N–C) groups is 1. The van der Waals surface area contributed by atoms with E-state index in [1.807, 2.05) is 6.07 Å². The second-order valence-corrected chi connectivity index (χ2v) is 6.86. The smallest absolute Gasteiger partial charge is 0.193 e. The lowest BCUT2D eigenvalue weighted by atomic mass is 10.1. The van der Waals surface area contributed by atoms with E-state index in [-0.39, 0.29) is 0 Å². The zero-order valence-electron chi connectivity index (χ0n) is 16.8. The molecule has 0 amide bonds. The Balaban J connectivity index is 1.76. The van der Waals surface area contributed by atoms with Crippen LogP contribution in [0.25, 0.3) is 0 Å². The first-order chi connectivity index (χ1) is 12.8. The van der Waals surface area contributed by atoms with Gasteiger partial charge in [-0.2, -0.15) is 0 Å². The van der Waals surface area contributed by atoms with Crippen molar-refractivity contribution in [1.82, 2.24) is 15.1 Å². The summed E-state index contributed by atoms with van der Waals surface area (Å²) in [5.74, 6) is 1.65. The Labute approximate surface area is 159 Å². The van der Waals surface area contributed by atoms with Crippen molar-refractivity contribution in [1.29, 1.82) is 0 Å². The Morgan fingerprint density at radius 3 is 2.69 bits per heavy atom. The van der Waals surface area contributed by atoms with Gasteiger partial charge in [-0.3, -0.25) is 4.99 Å². The molecule has 0 aromatic heterocycles. The van der Waals surface area contributed by atoms with E-state index in [1.165, 1.54) is 12.0 Å². The Morgan fingerprint density at radius 1 is 1.23 bits per heavy atom. The van der Waals surface area contributed by atoms with E-state index in [9.17, 15) is 0 Å². The molecule has 5 nitrogen and oxygen atoms in total. The summed E-state index contributed by atoms with van der Waals surface area (Å²) in [7, 11) is 0. The molecule has 5 heteroatoms. The summed E-state index contributed by atoms with van der Waals surface area (Å²) < 4.78 is 5.94. The predicted molar refractivity (Wildman–Crippen MR) is 110 cm³/mol. The number of nitrogens with zero attached hydrogens (tertiary/aromatic N) is 3. The summed E-state index contributed by atoms with van der Waals surface area (Å²) in [6.07, 6.45) is 1.18. The summed E-state index contributed by atoms with van der Waals surface area (Å²) in [6.45, 7) is 15.2. The molecular weight excluding hydrogens is 324 g/mol. The van der Waals surface area contributed by atoms with Crippen LogP contribution < -0.4 is 5.32 Å². The van der Waals surface area contributed by atoms with Gasteiger partial charge in [0, 0.05) is 32.1 Å². The van der Waals surface area contributed by atoms with Gasteiger partial charge in [-0.05, 0) is 32.0 Å². The van der Waals surface area contributed by atoms with Crippen molar-refractivity contribution in [2.75, 3.05) is 52.4 Å². The van der Waals surface area contributed by atoms with Crippen LogP contribution in [0.4, 0.5) is 0 Å². The van der Waals surface area contributed by atoms with Crippen LogP contribution >= 0.6 is 0 Å². The van der Waals surface area contributed by atoms with Gasteiger partial charge in [0.05, 0.1) is 19.8 Å². The van der Waals surface area contributed by atoms with E-state index in [2.05, 4.69) is 60.2 Å². The molecule has 1 saturated heterocycles. The van der Waals surface area contributed by atoms with Gasteiger partial charge < -0.3 is 19.9 Å². The van der Waals surface area contributed by atoms with Gasteiger partial charge in [0.2, 0.25) is 0 Å². The van der Waals surface area contributed by atoms with Crippen molar-refractivity contribution in [3.8, 4) is 0 Å². The minimum Gasteiger partial charge on any atom is -0.376 e. The van der Waals surface area contributed by atoms with Crippen molar-refractivity contribution in [2.45, 2.75) is 33.8 Å². The maximum Gasteiger partial charge on any atom is 0.193 e. The lowest BCUT2D eigenvalue weighted by Crippen LogP contribution is -2.40. The van der Waals surface area contributed by atoms with Gasteiger partial charge in [-0.1, -0.05) is 44.2 Å². The topological polar surface area (TPSA) is 40.1 Å². The average molecular weight is 361 g/mol. The summed E-state index contributed by atoms with van der Waals surface area (Å²) in [4.78, 5) is 9.65. The zero-order valence-corrected chi connectivity index (χ0v) is 16.8. The number of hydrogen-bond acceptors (Lipinski definition) is 3. The first-order valence-corrected chi connectivity index (χ1v) is 10.1. The molecule has 1 fully saturated rings. The summed E-state index contributed by atoms with van der Waals surface area (Å²) in [5.41, 5.74) is 1.24. The Bertz CT molecular complexity index is 516. The predicted octanol–water partition coefficient (Wildman–Crippen LogP) is 2.83. The van der Waals surface area contributed by atoms with Crippen molar-refractivity contribution in [3.05, 3.63) is 35.9 Å². The Morgan fingerprint density at radius 2 is 2.00 bits per heavy atom. The maximum atomic E-state index is 5.94. The average Bonchev–Trinajstić information content (AvgIpc) is 3.14. The molecule has 1 aliphatic rings. The van der Waals surface area contributed by atoms with Crippen LogP contribution in [0.2, 0.25) is 0 Å². The minimum absolute atomic E-state index is 0.588. The second kappa shape index (κ2) is 11.9. The van der Waals surface area contributed by atoms with Crippen LogP contribution in [0.15, 0.2) is 35.3 Å². The molecule has 26 heavy (non-hydrogen) atoms. The minimum atomic E-state index is 0.588. The lowest BCUT2D eigenvalue weighted by molar-refractivity contribution is 0.0906. The van der Waals surface area contributed by atoms with Crippen molar-refractivity contribution >= 4 is 5.96 Å². The van der Waals surface area contributed by atoms with E-state index in [0.29, 0.717) is 12.5 Å². The van der Waals surface area contributed by atoms with Crippen LogP contribution in [-0.4, -0.2) is 68.2 Å². The molecular formula is C21H36N4O. The number of rotatable bonds is 10. The molecule has 146 valence electrons. The number of nitrogens with one attached hydrogen (secondary N) is 1. The molecule has 2 rings (SSSR count). The van der Waals surface area contributed by atoms with Crippen LogP contribution in [0.1, 0.15) is 32.8 Å². The highest BCUT2D eigenvalue weighted by Gasteiger charge is 2.24. The molecule has 1 N–H and O–H groups in total. The second-order valence-electron chi connectivity index (χ2n) is 6.86. The number of likely N-dealkylation sites (N-methyl/N-ethyl adjacent to an activating group) is 1. The standard InChI is InChI=1S/C21H36N4O/c1-4-22-21(23-13-15-24(5-2)6-3)25-14-12-20(16-25)18-26-17-19-10-8-7-9-11-19/h7-11,20H,4-6,12-18H2,1-3H3,(H,22,23). The number of likely N-dealkylation sites (tertiary alicyclic amines) is 1. The molecule has 1 atom stereocenters. The third-order valence-corrected chi connectivity index (χ3v) is 4.96. The molecule has 0 spiro atoms. The normalized spacial score (nSPS) is 17.9. The van der Waals surface area contributed by atoms with E-state index < -0.39 is 0 Å².